The van der Waals surface area contributed by atoms with Crippen molar-refractivity contribution in [2.75, 3.05) is 6.54 Å². The number of aromatic nitrogens is 1. The summed E-state index contributed by atoms with van der Waals surface area (Å²) in [6.07, 6.45) is 0.754. The lowest BCUT2D eigenvalue weighted by molar-refractivity contribution is -0.121. The van der Waals surface area contributed by atoms with E-state index in [1.807, 2.05) is 56.3 Å². The molecule has 3 rings (SSSR count). The molecule has 0 spiro atoms. The van der Waals surface area contributed by atoms with Gasteiger partial charge in [0.25, 0.3) is 5.56 Å². The molecule has 1 amide bonds. The molecule has 0 radical (unpaired) electrons. The van der Waals surface area contributed by atoms with E-state index < -0.39 is 0 Å². The molecular formula is C23H24N2O3. The molecule has 0 fully saturated rings. The highest BCUT2D eigenvalue weighted by Crippen LogP contribution is 2.13. The maximum Gasteiger partial charge on any atom is 0.251 e. The van der Waals surface area contributed by atoms with Gasteiger partial charge in [0.1, 0.15) is 0 Å². The van der Waals surface area contributed by atoms with Crippen LogP contribution in [0.2, 0.25) is 0 Å². The third kappa shape index (κ3) is 4.74. The van der Waals surface area contributed by atoms with E-state index in [0.29, 0.717) is 24.1 Å². The Hall–Kier alpha value is -3.21. The number of benzene rings is 2. The molecule has 3 aromatic rings. The van der Waals surface area contributed by atoms with Crippen LogP contribution in [-0.4, -0.2) is 23.2 Å². The molecule has 5 nitrogen and oxygen atoms in total. The predicted octanol–water partition coefficient (Wildman–Crippen LogP) is 3.47. The molecule has 2 aromatic carbocycles. The SMILES string of the molecule is Cc1ccc2[nH]c(=O)c(CCNC(=O)CCC(=O)c3ccccc3C)cc2c1. The van der Waals surface area contributed by atoms with Crippen molar-refractivity contribution in [1.82, 2.24) is 10.3 Å². The average molecular weight is 376 g/mol. The largest absolute Gasteiger partial charge is 0.356 e. The quantitative estimate of drug-likeness (QED) is 0.620. The van der Waals surface area contributed by atoms with Crippen LogP contribution in [-0.2, 0) is 11.2 Å². The van der Waals surface area contributed by atoms with E-state index in [9.17, 15) is 14.4 Å². The van der Waals surface area contributed by atoms with Gasteiger partial charge in [0.15, 0.2) is 5.78 Å². The van der Waals surface area contributed by atoms with Crippen LogP contribution in [0.4, 0.5) is 0 Å². The number of aryl methyl sites for hydroxylation is 2. The van der Waals surface area contributed by atoms with Crippen LogP contribution >= 0.6 is 0 Å². The first-order valence-corrected chi connectivity index (χ1v) is 9.42. The minimum absolute atomic E-state index is 0.0328. The molecule has 0 aliphatic heterocycles. The standard InChI is InChI=1S/C23H24N2O3/c1-15-7-8-20-18(13-15)14-17(23(28)25-20)11-12-24-22(27)10-9-21(26)19-6-4-3-5-16(19)2/h3-8,13-14H,9-12H2,1-2H3,(H,24,27)(H,25,28). The number of amides is 1. The van der Waals surface area contributed by atoms with E-state index in [2.05, 4.69) is 10.3 Å². The highest BCUT2D eigenvalue weighted by molar-refractivity contribution is 5.99. The number of hydrogen-bond donors (Lipinski definition) is 2. The molecule has 0 saturated heterocycles. The lowest BCUT2D eigenvalue weighted by atomic mass is 10.0. The summed E-state index contributed by atoms with van der Waals surface area (Å²) in [5, 5.41) is 3.77. The van der Waals surface area contributed by atoms with Crippen LogP contribution in [0.15, 0.2) is 53.3 Å². The second-order valence-electron chi connectivity index (χ2n) is 7.05. The maximum absolute atomic E-state index is 12.2. The monoisotopic (exact) mass is 376 g/mol. The van der Waals surface area contributed by atoms with Crippen LogP contribution in [0.5, 0.6) is 0 Å². The summed E-state index contributed by atoms with van der Waals surface area (Å²) < 4.78 is 0. The van der Waals surface area contributed by atoms with Crippen molar-refractivity contribution >= 4 is 22.6 Å². The highest BCUT2D eigenvalue weighted by Gasteiger charge is 2.11. The average Bonchev–Trinajstić information content (AvgIpc) is 2.67. The first-order valence-electron chi connectivity index (χ1n) is 9.42. The van der Waals surface area contributed by atoms with Crippen molar-refractivity contribution in [2.45, 2.75) is 33.1 Å². The Morgan fingerprint density at radius 1 is 1.00 bits per heavy atom. The molecule has 2 N–H and O–H groups in total. The van der Waals surface area contributed by atoms with Crippen molar-refractivity contribution in [2.24, 2.45) is 0 Å². The number of fused-ring (bicyclic) bond motifs is 1. The van der Waals surface area contributed by atoms with Crippen LogP contribution in [0, 0.1) is 13.8 Å². The van der Waals surface area contributed by atoms with Gasteiger partial charge in [0, 0.05) is 36.0 Å². The summed E-state index contributed by atoms with van der Waals surface area (Å²) in [5.74, 6) is -0.218. The smallest absolute Gasteiger partial charge is 0.251 e. The highest BCUT2D eigenvalue weighted by atomic mass is 16.2. The summed E-state index contributed by atoms with van der Waals surface area (Å²) in [6.45, 7) is 4.25. The van der Waals surface area contributed by atoms with Gasteiger partial charge in [-0.2, -0.15) is 0 Å². The van der Waals surface area contributed by atoms with Crippen molar-refractivity contribution in [3.05, 3.63) is 81.1 Å². The number of Topliss-reactive ketones (excluding diaryl/α,β-unsaturated/α-hetero) is 1. The topological polar surface area (TPSA) is 79.0 Å². The Labute approximate surface area is 163 Å². The number of carbonyl (C=O) groups is 2. The third-order valence-electron chi connectivity index (χ3n) is 4.82. The molecule has 0 unspecified atom stereocenters. The van der Waals surface area contributed by atoms with Gasteiger partial charge >= 0.3 is 0 Å². The van der Waals surface area contributed by atoms with Crippen LogP contribution in [0.3, 0.4) is 0 Å². The fourth-order valence-corrected chi connectivity index (χ4v) is 3.23. The van der Waals surface area contributed by atoms with Crippen molar-refractivity contribution in [1.29, 1.82) is 0 Å². The molecule has 0 saturated carbocycles. The Morgan fingerprint density at radius 2 is 1.79 bits per heavy atom. The van der Waals surface area contributed by atoms with Crippen molar-refractivity contribution in [3.63, 3.8) is 0 Å². The molecule has 28 heavy (non-hydrogen) atoms. The predicted molar refractivity (Wildman–Crippen MR) is 111 cm³/mol. The van der Waals surface area contributed by atoms with Crippen LogP contribution < -0.4 is 10.9 Å². The van der Waals surface area contributed by atoms with Crippen LogP contribution in [0.25, 0.3) is 10.9 Å². The second-order valence-corrected chi connectivity index (χ2v) is 7.05. The number of hydrogen-bond acceptors (Lipinski definition) is 3. The molecule has 144 valence electrons. The van der Waals surface area contributed by atoms with Gasteiger partial charge in [0.05, 0.1) is 0 Å². The second kappa shape index (κ2) is 8.65. The van der Waals surface area contributed by atoms with E-state index in [-0.39, 0.29) is 30.1 Å². The van der Waals surface area contributed by atoms with Gasteiger partial charge in [-0.3, -0.25) is 14.4 Å². The number of H-pyrrole nitrogens is 1. The molecule has 1 heterocycles. The number of pyridine rings is 1. The van der Waals surface area contributed by atoms with Crippen LogP contribution in [0.1, 0.15) is 39.9 Å². The van der Waals surface area contributed by atoms with E-state index >= 15 is 0 Å². The minimum Gasteiger partial charge on any atom is -0.356 e. The number of carbonyl (C=O) groups excluding carboxylic acids is 2. The van der Waals surface area contributed by atoms with E-state index in [0.717, 1.165) is 22.0 Å². The van der Waals surface area contributed by atoms with Crippen molar-refractivity contribution in [3.8, 4) is 0 Å². The lowest BCUT2D eigenvalue weighted by Gasteiger charge is -2.07. The summed E-state index contributed by atoms with van der Waals surface area (Å²) in [4.78, 5) is 39.3. The molecular weight excluding hydrogens is 352 g/mol. The number of nitrogens with one attached hydrogen (secondary N) is 2. The summed E-state index contributed by atoms with van der Waals surface area (Å²) >= 11 is 0. The molecule has 0 atom stereocenters. The van der Waals surface area contributed by atoms with E-state index in [1.165, 1.54) is 0 Å². The van der Waals surface area contributed by atoms with Gasteiger partial charge < -0.3 is 10.3 Å². The van der Waals surface area contributed by atoms with E-state index in [1.54, 1.807) is 6.07 Å². The van der Waals surface area contributed by atoms with Gasteiger partial charge in [-0.05, 0) is 49.4 Å². The molecule has 0 aliphatic carbocycles. The minimum atomic E-state index is -0.185. The third-order valence-corrected chi connectivity index (χ3v) is 4.82. The Balaban J connectivity index is 1.52. The number of aromatic amines is 1. The Kier molecular flexibility index (Phi) is 6.04. The molecule has 5 heteroatoms. The van der Waals surface area contributed by atoms with Gasteiger partial charge in [0.2, 0.25) is 5.91 Å². The first kappa shape index (κ1) is 19.5. The zero-order valence-electron chi connectivity index (χ0n) is 16.2. The Morgan fingerprint density at radius 3 is 2.57 bits per heavy atom. The van der Waals surface area contributed by atoms with E-state index in [4.69, 9.17) is 0 Å². The fourth-order valence-electron chi connectivity index (χ4n) is 3.23. The Bertz CT molecular complexity index is 1080. The fraction of sp³-hybridized carbons (Fsp3) is 0.261. The van der Waals surface area contributed by atoms with Crippen molar-refractivity contribution < 1.29 is 9.59 Å². The lowest BCUT2D eigenvalue weighted by Crippen LogP contribution is -2.27. The molecule has 0 bridgehead atoms. The van der Waals surface area contributed by atoms with Gasteiger partial charge in [-0.1, -0.05) is 35.9 Å². The zero-order valence-corrected chi connectivity index (χ0v) is 16.2. The molecule has 0 aliphatic rings. The number of ketones is 1. The summed E-state index contributed by atoms with van der Waals surface area (Å²) in [6, 6.07) is 15.1. The maximum atomic E-state index is 12.2. The van der Waals surface area contributed by atoms with Gasteiger partial charge in [-0.25, -0.2) is 0 Å². The summed E-state index contributed by atoms with van der Waals surface area (Å²) in [7, 11) is 0. The van der Waals surface area contributed by atoms with Gasteiger partial charge in [-0.15, -0.1) is 0 Å². The zero-order chi connectivity index (χ0) is 20.1. The normalized spacial score (nSPS) is 10.8. The summed E-state index contributed by atoms with van der Waals surface area (Å²) in [5.41, 5.74) is 4.00. The number of rotatable bonds is 7. The molecule has 1 aromatic heterocycles. The first-order chi connectivity index (χ1) is 13.4.